The summed E-state index contributed by atoms with van der Waals surface area (Å²) in [4.78, 5) is 24.3. The van der Waals surface area contributed by atoms with Gasteiger partial charge in [-0.15, -0.1) is 0 Å². The molecule has 0 bridgehead atoms. The van der Waals surface area contributed by atoms with E-state index in [1.807, 2.05) is 6.08 Å². The maximum Gasteiger partial charge on any atom is 0.323 e. The predicted molar refractivity (Wildman–Crippen MR) is 86.3 cm³/mol. The minimum Gasteiger partial charge on any atom is -0.351 e. The highest BCUT2D eigenvalue weighted by molar-refractivity contribution is 6.18. The molecule has 4 rings (SSSR count). The first-order chi connectivity index (χ1) is 11.2. The van der Waals surface area contributed by atoms with E-state index in [1.165, 1.54) is 4.57 Å². The Balaban J connectivity index is 2.15. The van der Waals surface area contributed by atoms with E-state index in [4.69, 9.17) is 5.73 Å². The minimum atomic E-state index is -0.587. The highest BCUT2D eigenvalue weighted by Gasteiger charge is 2.27. The predicted octanol–water partition coefficient (Wildman–Crippen LogP) is 0.822. The second-order valence-electron chi connectivity index (χ2n) is 5.45. The number of rotatable bonds is 1. The third-order valence-corrected chi connectivity index (χ3v) is 4.16. The maximum atomic E-state index is 12.2. The van der Waals surface area contributed by atoms with Gasteiger partial charge in [0.15, 0.2) is 0 Å². The Morgan fingerprint density at radius 2 is 2.26 bits per heavy atom. The Hall–Kier alpha value is -2.93. The third-order valence-electron chi connectivity index (χ3n) is 4.16. The number of hydrogen-bond donors (Lipinski definition) is 3. The monoisotopic (exact) mass is 308 g/mol. The van der Waals surface area contributed by atoms with Crippen molar-refractivity contribution in [2.45, 2.75) is 6.42 Å². The van der Waals surface area contributed by atoms with Crippen molar-refractivity contribution in [1.82, 2.24) is 15.3 Å². The van der Waals surface area contributed by atoms with Crippen molar-refractivity contribution < 1.29 is 9.59 Å². The van der Waals surface area contributed by atoms with Gasteiger partial charge in [-0.3, -0.25) is 9.36 Å². The summed E-state index contributed by atoms with van der Waals surface area (Å²) in [5.74, 6) is -0.325. The number of carbonyl (C=O) groups is 2. The molecule has 23 heavy (non-hydrogen) atoms. The Bertz CT molecular complexity index is 907. The van der Waals surface area contributed by atoms with Crippen molar-refractivity contribution in [3.05, 3.63) is 41.1 Å². The molecule has 0 saturated carbocycles. The number of nitrogens with one attached hydrogen (secondary N) is 2. The van der Waals surface area contributed by atoms with Crippen molar-refractivity contribution in [2.75, 3.05) is 13.1 Å². The lowest BCUT2D eigenvalue weighted by Gasteiger charge is -2.16. The molecule has 1 aromatic heterocycles. The molecule has 0 fully saturated rings. The first-order valence-corrected chi connectivity index (χ1v) is 7.30. The largest absolute Gasteiger partial charge is 0.351 e. The second-order valence-corrected chi connectivity index (χ2v) is 5.45. The van der Waals surface area contributed by atoms with Crippen LogP contribution in [0.15, 0.2) is 23.3 Å². The van der Waals surface area contributed by atoms with Gasteiger partial charge < -0.3 is 11.1 Å². The molecule has 7 heteroatoms. The number of benzene rings is 1. The number of aromatic nitrogens is 1. The van der Waals surface area contributed by atoms with Crippen LogP contribution in [0.1, 0.15) is 28.0 Å². The topological polar surface area (TPSA) is 102 Å². The molecule has 0 aliphatic carbocycles. The molecule has 7 nitrogen and oxygen atoms in total. The van der Waals surface area contributed by atoms with E-state index in [1.54, 1.807) is 18.3 Å². The minimum absolute atomic E-state index is 0.325. The van der Waals surface area contributed by atoms with E-state index >= 15 is 0 Å². The molecule has 0 saturated heterocycles. The van der Waals surface area contributed by atoms with Crippen molar-refractivity contribution >= 4 is 34.6 Å². The van der Waals surface area contributed by atoms with Crippen LogP contribution in [0, 0.1) is 6.07 Å². The van der Waals surface area contributed by atoms with Gasteiger partial charge in [-0.2, -0.15) is 5.10 Å². The Morgan fingerprint density at radius 3 is 3.00 bits per heavy atom. The van der Waals surface area contributed by atoms with Crippen LogP contribution in [0.3, 0.4) is 0 Å². The van der Waals surface area contributed by atoms with Crippen LogP contribution in [0.25, 0.3) is 16.5 Å². The van der Waals surface area contributed by atoms with Crippen LogP contribution in [-0.4, -0.2) is 35.8 Å². The summed E-state index contributed by atoms with van der Waals surface area (Å²) >= 11 is 0. The van der Waals surface area contributed by atoms with Crippen LogP contribution >= 0.6 is 0 Å². The lowest BCUT2D eigenvalue weighted by molar-refractivity contribution is 0.0957. The number of nitrogens with two attached hydrogens (primary N) is 1. The number of primary amides is 1. The second kappa shape index (κ2) is 5.06. The summed E-state index contributed by atoms with van der Waals surface area (Å²) in [6.07, 6.45) is 4.38. The average Bonchev–Trinajstić information content (AvgIpc) is 2.80. The van der Waals surface area contributed by atoms with Gasteiger partial charge in [-0.1, -0.05) is 6.08 Å². The van der Waals surface area contributed by atoms with E-state index in [0.717, 1.165) is 30.6 Å². The van der Waals surface area contributed by atoms with Gasteiger partial charge in [0, 0.05) is 17.5 Å². The lowest BCUT2D eigenvalue weighted by Crippen LogP contribution is -2.25. The van der Waals surface area contributed by atoms with Gasteiger partial charge in [0.1, 0.15) is 0 Å². The molecule has 0 atom stereocenters. The van der Waals surface area contributed by atoms with Gasteiger partial charge in [0.05, 0.1) is 23.0 Å². The normalized spacial score (nSPS) is 16.9. The van der Waals surface area contributed by atoms with Crippen molar-refractivity contribution in [1.29, 1.82) is 0 Å². The zero-order chi connectivity index (χ0) is 16.0. The zero-order valence-corrected chi connectivity index (χ0v) is 12.2. The molecule has 1 radical (unpaired) electrons. The van der Waals surface area contributed by atoms with E-state index in [0.29, 0.717) is 22.2 Å². The molecule has 2 amide bonds. The van der Waals surface area contributed by atoms with Gasteiger partial charge in [0.2, 0.25) is 0 Å². The molecule has 3 heterocycles. The van der Waals surface area contributed by atoms with Gasteiger partial charge in [-0.25, -0.2) is 10.2 Å². The third kappa shape index (κ3) is 1.97. The van der Waals surface area contributed by atoms with Crippen LogP contribution in [0.4, 0.5) is 4.79 Å². The molecule has 0 unspecified atom stereocenters. The Labute approximate surface area is 131 Å². The summed E-state index contributed by atoms with van der Waals surface area (Å²) in [7, 11) is 0. The fraction of sp³-hybridized carbons (Fsp3) is 0.188. The van der Waals surface area contributed by atoms with Crippen LogP contribution < -0.4 is 16.5 Å². The molecule has 2 aliphatic heterocycles. The smallest absolute Gasteiger partial charge is 0.323 e. The fourth-order valence-corrected chi connectivity index (χ4v) is 3.21. The van der Waals surface area contributed by atoms with E-state index in [-0.39, 0.29) is 5.91 Å². The van der Waals surface area contributed by atoms with E-state index in [9.17, 15) is 9.59 Å². The average molecular weight is 308 g/mol. The maximum absolute atomic E-state index is 12.2. The Kier molecular flexibility index (Phi) is 3.02. The van der Waals surface area contributed by atoms with Crippen LogP contribution in [-0.2, 0) is 0 Å². The first-order valence-electron chi connectivity index (χ1n) is 7.30. The SMILES string of the molecule is NC(=O)n1c(C2=CCNCC2)c2c3c(c[c]cc31)C(=O)NN=C2. The molecule has 0 spiro atoms. The highest BCUT2D eigenvalue weighted by Crippen LogP contribution is 2.34. The van der Waals surface area contributed by atoms with Crippen LogP contribution in [0.2, 0.25) is 0 Å². The summed E-state index contributed by atoms with van der Waals surface area (Å²) < 4.78 is 1.45. The van der Waals surface area contributed by atoms with E-state index in [2.05, 4.69) is 21.9 Å². The molecule has 1 aromatic carbocycles. The zero-order valence-electron chi connectivity index (χ0n) is 12.2. The standard InChI is InChI=1S/C16H14N5O2/c17-16(23)21-12-3-1-2-10-13(12)11(8-19-20-15(10)22)14(21)9-4-6-18-7-5-9/h2-4,8,18H,5-7H2,(H2,17,23)(H,20,22). The quantitative estimate of drug-likeness (QED) is 0.727. The summed E-state index contributed by atoms with van der Waals surface area (Å²) in [6, 6.07) is 5.59. The number of carbonyl (C=O) groups excluding carboxylic acids is 2. The molecular weight excluding hydrogens is 294 g/mol. The first kappa shape index (κ1) is 13.7. The number of hydrogen-bond acceptors (Lipinski definition) is 4. The number of amides is 2. The van der Waals surface area contributed by atoms with Crippen molar-refractivity contribution in [3.63, 3.8) is 0 Å². The summed E-state index contributed by atoms with van der Waals surface area (Å²) in [5, 5.41) is 7.89. The van der Waals surface area contributed by atoms with Crippen molar-refractivity contribution in [3.8, 4) is 0 Å². The summed E-state index contributed by atoms with van der Waals surface area (Å²) in [5.41, 5.74) is 11.5. The van der Waals surface area contributed by atoms with Crippen molar-refractivity contribution in [2.24, 2.45) is 10.8 Å². The Morgan fingerprint density at radius 1 is 1.39 bits per heavy atom. The molecule has 115 valence electrons. The summed E-state index contributed by atoms with van der Waals surface area (Å²) in [6.45, 7) is 1.54. The van der Waals surface area contributed by atoms with Gasteiger partial charge >= 0.3 is 6.03 Å². The highest BCUT2D eigenvalue weighted by atomic mass is 16.2. The van der Waals surface area contributed by atoms with E-state index < -0.39 is 6.03 Å². The molecule has 4 N–H and O–H groups in total. The van der Waals surface area contributed by atoms with Crippen LogP contribution in [0.5, 0.6) is 0 Å². The molecule has 2 aliphatic rings. The number of hydrazone groups is 1. The molecule has 2 aromatic rings. The molecular formula is C16H14N5O2. The lowest BCUT2D eigenvalue weighted by atomic mass is 9.99. The van der Waals surface area contributed by atoms with Gasteiger partial charge in [-0.05, 0) is 36.7 Å². The number of nitrogens with zero attached hydrogens (tertiary/aromatic N) is 2. The fourth-order valence-electron chi connectivity index (χ4n) is 3.21. The van der Waals surface area contributed by atoms with Gasteiger partial charge in [0.25, 0.3) is 5.91 Å².